The molecule has 0 saturated carbocycles. The Morgan fingerprint density at radius 1 is 0.762 bits per heavy atom. The molecule has 0 spiro atoms. The van der Waals surface area contributed by atoms with E-state index in [1.54, 1.807) is 0 Å². The van der Waals surface area contributed by atoms with E-state index in [1.165, 1.54) is 0 Å². The predicted molar refractivity (Wildman–Crippen MR) is 86.7 cm³/mol. The largest absolute Gasteiger partial charge is 0.155 e. The van der Waals surface area contributed by atoms with Crippen LogP contribution in [0.5, 0.6) is 0 Å². The molecule has 21 heavy (non-hydrogen) atoms. The summed E-state index contributed by atoms with van der Waals surface area (Å²) < 4.78 is 0. The van der Waals surface area contributed by atoms with Gasteiger partial charge >= 0.3 is 0 Å². The highest BCUT2D eigenvalue weighted by molar-refractivity contribution is 6.31. The highest BCUT2D eigenvalue weighted by atomic mass is 35.5. The molecule has 0 fully saturated rings. The van der Waals surface area contributed by atoms with Crippen LogP contribution in [0.2, 0.25) is 10.2 Å². The molecule has 0 atom stereocenters. The Bertz CT molecular complexity index is 758. The lowest BCUT2D eigenvalue weighted by Gasteiger charge is -2.07. The highest BCUT2D eigenvalue weighted by Gasteiger charge is 2.09. The van der Waals surface area contributed by atoms with Gasteiger partial charge in [-0.1, -0.05) is 71.7 Å². The molecule has 1 aromatic heterocycles. The first-order valence-electron chi connectivity index (χ1n) is 6.55. The second-order valence-electron chi connectivity index (χ2n) is 4.68. The highest BCUT2D eigenvalue weighted by Crippen LogP contribution is 2.25. The summed E-state index contributed by atoms with van der Waals surface area (Å²) >= 11 is 12.4. The lowest BCUT2D eigenvalue weighted by atomic mass is 10.0. The van der Waals surface area contributed by atoms with Crippen LogP contribution >= 0.6 is 23.2 Å². The fourth-order valence-electron chi connectivity index (χ4n) is 2.14. The van der Waals surface area contributed by atoms with Crippen LogP contribution in [0.25, 0.3) is 11.3 Å². The Morgan fingerprint density at radius 2 is 1.48 bits per heavy atom. The van der Waals surface area contributed by atoms with Gasteiger partial charge < -0.3 is 0 Å². The molecular weight excluding hydrogens is 303 g/mol. The Kier molecular flexibility index (Phi) is 4.18. The van der Waals surface area contributed by atoms with Crippen molar-refractivity contribution < 1.29 is 0 Å². The summed E-state index contributed by atoms with van der Waals surface area (Å²) in [7, 11) is 0. The zero-order valence-corrected chi connectivity index (χ0v) is 12.6. The van der Waals surface area contributed by atoms with E-state index in [9.17, 15) is 0 Å². The quantitative estimate of drug-likeness (QED) is 0.676. The van der Waals surface area contributed by atoms with E-state index < -0.39 is 0 Å². The lowest BCUT2D eigenvalue weighted by Crippen LogP contribution is -1.97. The molecule has 0 bridgehead atoms. The van der Waals surface area contributed by atoms with Crippen molar-refractivity contribution in [2.45, 2.75) is 6.42 Å². The van der Waals surface area contributed by atoms with Gasteiger partial charge in [0.05, 0.1) is 5.69 Å². The van der Waals surface area contributed by atoms with Gasteiger partial charge in [-0.15, -0.1) is 10.2 Å². The number of nitrogens with zero attached hydrogens (tertiary/aromatic N) is 2. The number of benzene rings is 2. The van der Waals surface area contributed by atoms with E-state index in [-0.39, 0.29) is 0 Å². The molecule has 2 aromatic carbocycles. The lowest BCUT2D eigenvalue weighted by molar-refractivity contribution is 1.00. The summed E-state index contributed by atoms with van der Waals surface area (Å²) in [6, 6.07) is 19.6. The van der Waals surface area contributed by atoms with Crippen LogP contribution < -0.4 is 0 Å². The van der Waals surface area contributed by atoms with Crippen molar-refractivity contribution in [3.63, 3.8) is 0 Å². The summed E-state index contributed by atoms with van der Waals surface area (Å²) in [4.78, 5) is 0. The zero-order chi connectivity index (χ0) is 14.7. The molecule has 0 N–H and O–H groups in total. The van der Waals surface area contributed by atoms with Gasteiger partial charge in [-0.2, -0.15) is 0 Å². The molecule has 0 aliphatic rings. The molecule has 104 valence electrons. The van der Waals surface area contributed by atoms with Crippen LogP contribution in [0.1, 0.15) is 11.1 Å². The third kappa shape index (κ3) is 3.23. The van der Waals surface area contributed by atoms with Crippen LogP contribution in [-0.2, 0) is 6.42 Å². The number of hydrogen-bond acceptors (Lipinski definition) is 2. The monoisotopic (exact) mass is 314 g/mol. The van der Waals surface area contributed by atoms with Crippen molar-refractivity contribution in [3.05, 3.63) is 82.0 Å². The zero-order valence-electron chi connectivity index (χ0n) is 11.1. The van der Waals surface area contributed by atoms with Crippen LogP contribution in [0.4, 0.5) is 0 Å². The maximum atomic E-state index is 6.20. The van der Waals surface area contributed by atoms with E-state index in [0.29, 0.717) is 11.6 Å². The van der Waals surface area contributed by atoms with Crippen molar-refractivity contribution in [1.82, 2.24) is 10.2 Å². The molecule has 2 nitrogen and oxygen atoms in total. The standard InChI is InChI=1S/C17H12Cl2N2/c18-15-9-5-4-8-13(15)10-14-11-16(20-21-17(14)19)12-6-2-1-3-7-12/h1-9,11H,10H2. The second kappa shape index (κ2) is 6.25. The van der Waals surface area contributed by atoms with Crippen molar-refractivity contribution in [1.29, 1.82) is 0 Å². The Labute approximate surface area is 133 Å². The maximum absolute atomic E-state index is 6.20. The molecular formula is C17H12Cl2N2. The molecule has 4 heteroatoms. The van der Waals surface area contributed by atoms with E-state index in [0.717, 1.165) is 27.4 Å². The van der Waals surface area contributed by atoms with Crippen LogP contribution in [-0.4, -0.2) is 10.2 Å². The third-order valence-electron chi connectivity index (χ3n) is 3.23. The van der Waals surface area contributed by atoms with Gasteiger partial charge in [0.15, 0.2) is 5.15 Å². The first-order chi connectivity index (χ1) is 10.2. The predicted octanol–water partition coefficient (Wildman–Crippen LogP) is 5.04. The van der Waals surface area contributed by atoms with E-state index >= 15 is 0 Å². The molecule has 0 unspecified atom stereocenters. The number of aromatic nitrogens is 2. The first kappa shape index (κ1) is 14.1. The number of rotatable bonds is 3. The van der Waals surface area contributed by atoms with Crippen molar-refractivity contribution >= 4 is 23.2 Å². The van der Waals surface area contributed by atoms with Gasteiger partial charge in [-0.25, -0.2) is 0 Å². The van der Waals surface area contributed by atoms with Crippen LogP contribution in [0, 0.1) is 0 Å². The maximum Gasteiger partial charge on any atom is 0.155 e. The van der Waals surface area contributed by atoms with Crippen LogP contribution in [0.3, 0.4) is 0 Å². The van der Waals surface area contributed by atoms with E-state index in [4.69, 9.17) is 23.2 Å². The summed E-state index contributed by atoms with van der Waals surface area (Å²) in [6.45, 7) is 0. The van der Waals surface area contributed by atoms with Gasteiger partial charge in [0, 0.05) is 17.0 Å². The number of hydrogen-bond donors (Lipinski definition) is 0. The van der Waals surface area contributed by atoms with Crippen molar-refractivity contribution in [2.75, 3.05) is 0 Å². The van der Waals surface area contributed by atoms with Crippen molar-refractivity contribution in [2.24, 2.45) is 0 Å². The molecule has 3 aromatic rings. The normalized spacial score (nSPS) is 10.6. The SMILES string of the molecule is Clc1ccccc1Cc1cc(-c2ccccc2)nnc1Cl. The summed E-state index contributed by atoms with van der Waals surface area (Å²) in [5.74, 6) is 0. The van der Waals surface area contributed by atoms with Gasteiger partial charge in [0.1, 0.15) is 0 Å². The molecule has 0 aliphatic heterocycles. The Balaban J connectivity index is 1.98. The second-order valence-corrected chi connectivity index (χ2v) is 5.45. The van der Waals surface area contributed by atoms with Crippen molar-refractivity contribution in [3.8, 4) is 11.3 Å². The van der Waals surface area contributed by atoms with Gasteiger partial charge in [-0.05, 0) is 23.3 Å². The van der Waals surface area contributed by atoms with Gasteiger partial charge in [0.2, 0.25) is 0 Å². The summed E-state index contributed by atoms with van der Waals surface area (Å²) in [5, 5.41) is 9.35. The molecule has 3 rings (SSSR count). The Hall–Kier alpha value is -1.90. The van der Waals surface area contributed by atoms with Gasteiger partial charge in [-0.3, -0.25) is 0 Å². The van der Waals surface area contributed by atoms with E-state index in [2.05, 4.69) is 10.2 Å². The molecule has 1 heterocycles. The topological polar surface area (TPSA) is 25.8 Å². The average Bonchev–Trinajstić information content (AvgIpc) is 2.52. The smallest absolute Gasteiger partial charge is 0.149 e. The molecule has 0 amide bonds. The third-order valence-corrected chi connectivity index (χ3v) is 3.92. The fourth-order valence-corrected chi connectivity index (χ4v) is 2.50. The Morgan fingerprint density at radius 3 is 2.24 bits per heavy atom. The average molecular weight is 315 g/mol. The minimum absolute atomic E-state index is 0.412. The number of halogens is 2. The minimum atomic E-state index is 0.412. The fraction of sp³-hybridized carbons (Fsp3) is 0.0588. The summed E-state index contributed by atoms with van der Waals surface area (Å²) in [6.07, 6.45) is 0.633. The molecule has 0 saturated heterocycles. The van der Waals surface area contributed by atoms with E-state index in [1.807, 2.05) is 60.7 Å². The van der Waals surface area contributed by atoms with Crippen LogP contribution in [0.15, 0.2) is 60.7 Å². The molecule has 0 radical (unpaired) electrons. The summed E-state index contributed by atoms with van der Waals surface area (Å²) in [5.41, 5.74) is 3.76. The minimum Gasteiger partial charge on any atom is -0.149 e. The molecule has 0 aliphatic carbocycles. The van der Waals surface area contributed by atoms with Gasteiger partial charge in [0.25, 0.3) is 0 Å². The first-order valence-corrected chi connectivity index (χ1v) is 7.30.